The van der Waals surface area contributed by atoms with Gasteiger partial charge in [0.25, 0.3) is 5.60 Å². The monoisotopic (exact) mass is 264 g/mol. The van der Waals surface area contributed by atoms with Crippen LogP contribution < -0.4 is 0 Å². The topological polar surface area (TPSA) is 9.23 Å². The average molecular weight is 264 g/mol. The summed E-state index contributed by atoms with van der Waals surface area (Å²) in [6.45, 7) is 6.30. The minimum absolute atomic E-state index is 0.548. The van der Waals surface area contributed by atoms with E-state index in [1.165, 1.54) is 0 Å². The minimum Gasteiger partial charge on any atom is -0.352 e. The highest BCUT2D eigenvalue weighted by atomic mass is 19.4. The number of rotatable bonds is 3. The van der Waals surface area contributed by atoms with Crippen molar-refractivity contribution in [3.05, 3.63) is 12.7 Å². The van der Waals surface area contributed by atoms with Crippen LogP contribution in [0.1, 0.15) is 27.2 Å². The molecule has 0 fully saturated rings. The molecule has 0 aliphatic rings. The molecule has 0 aromatic heterocycles. The van der Waals surface area contributed by atoms with Gasteiger partial charge in [0.2, 0.25) is 0 Å². The second-order valence-corrected chi connectivity index (χ2v) is 4.53. The molecule has 0 aromatic carbocycles. The Morgan fingerprint density at radius 3 is 1.47 bits per heavy atom. The van der Waals surface area contributed by atoms with Crippen LogP contribution in [0.5, 0.6) is 0 Å². The van der Waals surface area contributed by atoms with Crippen LogP contribution in [-0.4, -0.2) is 23.6 Å². The van der Waals surface area contributed by atoms with Crippen molar-refractivity contribution in [2.75, 3.05) is 0 Å². The molecule has 1 nitrogen and oxygen atoms in total. The molecular weight excluding hydrogens is 250 g/mol. The van der Waals surface area contributed by atoms with Crippen LogP contribution in [0.2, 0.25) is 0 Å². The molecule has 0 bridgehead atoms. The van der Waals surface area contributed by atoms with Crippen LogP contribution in [0.15, 0.2) is 12.7 Å². The Bertz CT molecular complexity index is 256. The Morgan fingerprint density at radius 2 is 1.29 bits per heavy atom. The van der Waals surface area contributed by atoms with Gasteiger partial charge in [0.05, 0.1) is 5.60 Å². The first kappa shape index (κ1) is 16.3. The van der Waals surface area contributed by atoms with Gasteiger partial charge < -0.3 is 4.74 Å². The predicted octanol–water partition coefficient (Wildman–Crippen LogP) is 4.24. The van der Waals surface area contributed by atoms with Crippen molar-refractivity contribution in [3.63, 3.8) is 0 Å². The summed E-state index contributed by atoms with van der Waals surface area (Å²) in [7, 11) is 0. The first-order valence-electron chi connectivity index (χ1n) is 4.71. The first-order chi connectivity index (χ1) is 7.27. The highest BCUT2D eigenvalue weighted by Gasteiger charge is 2.72. The van der Waals surface area contributed by atoms with Crippen molar-refractivity contribution >= 4 is 0 Å². The second-order valence-electron chi connectivity index (χ2n) is 4.53. The maximum atomic E-state index is 12.7. The van der Waals surface area contributed by atoms with Gasteiger partial charge in [-0.3, -0.25) is 0 Å². The van der Waals surface area contributed by atoms with Gasteiger partial charge in [-0.15, -0.1) is 6.58 Å². The van der Waals surface area contributed by atoms with Gasteiger partial charge in [-0.1, -0.05) is 6.08 Å². The standard InChI is InChI=1S/C10H14F6O/c1-5-6-8(9(11,12)13,10(14,15)16)17-7(2,3)4/h5H,1,6H2,2-4H3. The maximum Gasteiger partial charge on any atom is 0.426 e. The van der Waals surface area contributed by atoms with Gasteiger partial charge in [-0.05, 0) is 20.8 Å². The smallest absolute Gasteiger partial charge is 0.352 e. The van der Waals surface area contributed by atoms with Crippen LogP contribution in [0.3, 0.4) is 0 Å². The molecule has 0 heterocycles. The van der Waals surface area contributed by atoms with Crippen molar-refractivity contribution < 1.29 is 31.1 Å². The summed E-state index contributed by atoms with van der Waals surface area (Å²) in [4.78, 5) is 0. The fraction of sp³-hybridized carbons (Fsp3) is 0.800. The Morgan fingerprint density at radius 1 is 0.941 bits per heavy atom. The lowest BCUT2D eigenvalue weighted by Crippen LogP contribution is -2.61. The molecule has 0 N–H and O–H groups in total. The van der Waals surface area contributed by atoms with Crippen LogP contribution in [0, 0.1) is 0 Å². The summed E-state index contributed by atoms with van der Waals surface area (Å²) in [5.41, 5.74) is -5.80. The van der Waals surface area contributed by atoms with E-state index in [0.29, 0.717) is 6.08 Å². The zero-order valence-electron chi connectivity index (χ0n) is 9.67. The molecule has 0 rings (SSSR count). The normalized spacial score (nSPS) is 14.9. The van der Waals surface area contributed by atoms with Crippen LogP contribution >= 0.6 is 0 Å². The molecule has 0 saturated heterocycles. The van der Waals surface area contributed by atoms with E-state index in [4.69, 9.17) is 0 Å². The van der Waals surface area contributed by atoms with E-state index >= 15 is 0 Å². The van der Waals surface area contributed by atoms with E-state index in [1.807, 2.05) is 0 Å². The molecule has 0 aromatic rings. The fourth-order valence-electron chi connectivity index (χ4n) is 1.28. The summed E-state index contributed by atoms with van der Waals surface area (Å²) in [5, 5.41) is 0. The van der Waals surface area contributed by atoms with E-state index < -0.39 is 30.0 Å². The van der Waals surface area contributed by atoms with Gasteiger partial charge in [0.15, 0.2) is 0 Å². The molecule has 0 aliphatic heterocycles. The lowest BCUT2D eigenvalue weighted by molar-refractivity contribution is -0.397. The Kier molecular flexibility index (Phi) is 4.32. The molecule has 0 atom stereocenters. The molecule has 7 heteroatoms. The lowest BCUT2D eigenvalue weighted by Gasteiger charge is -2.41. The van der Waals surface area contributed by atoms with Crippen molar-refractivity contribution in [2.45, 2.75) is 50.7 Å². The van der Waals surface area contributed by atoms with Crippen molar-refractivity contribution in [3.8, 4) is 0 Å². The SMILES string of the molecule is C=CCC(OC(C)(C)C)(C(F)(F)F)C(F)(F)F. The van der Waals surface area contributed by atoms with Crippen LogP contribution in [0.25, 0.3) is 0 Å². The molecule has 0 unspecified atom stereocenters. The fourth-order valence-corrected chi connectivity index (χ4v) is 1.28. The highest BCUT2D eigenvalue weighted by molar-refractivity contribution is 5.01. The Labute approximate surface area is 95.4 Å². The third-order valence-electron chi connectivity index (χ3n) is 1.83. The van der Waals surface area contributed by atoms with E-state index in [9.17, 15) is 26.3 Å². The Balaban J connectivity index is 5.67. The average Bonchev–Trinajstić information content (AvgIpc) is 1.96. The largest absolute Gasteiger partial charge is 0.426 e. The van der Waals surface area contributed by atoms with E-state index in [-0.39, 0.29) is 0 Å². The van der Waals surface area contributed by atoms with E-state index in [2.05, 4.69) is 11.3 Å². The summed E-state index contributed by atoms with van der Waals surface area (Å²) in [5.74, 6) is 0. The summed E-state index contributed by atoms with van der Waals surface area (Å²) in [6.07, 6.45) is -12.0. The molecule has 0 amide bonds. The summed E-state index contributed by atoms with van der Waals surface area (Å²) in [6, 6.07) is 0. The zero-order valence-corrected chi connectivity index (χ0v) is 9.67. The summed E-state index contributed by atoms with van der Waals surface area (Å²) >= 11 is 0. The predicted molar refractivity (Wildman–Crippen MR) is 50.5 cm³/mol. The minimum atomic E-state index is -5.56. The number of ether oxygens (including phenoxy) is 1. The second kappa shape index (κ2) is 4.51. The first-order valence-corrected chi connectivity index (χ1v) is 4.71. The van der Waals surface area contributed by atoms with Crippen molar-refractivity contribution in [1.82, 2.24) is 0 Å². The van der Waals surface area contributed by atoms with Gasteiger partial charge in [0, 0.05) is 6.42 Å². The van der Waals surface area contributed by atoms with E-state index in [0.717, 1.165) is 20.8 Å². The van der Waals surface area contributed by atoms with Crippen molar-refractivity contribution in [1.29, 1.82) is 0 Å². The number of hydrogen-bond donors (Lipinski definition) is 0. The van der Waals surface area contributed by atoms with Crippen LogP contribution in [0.4, 0.5) is 26.3 Å². The van der Waals surface area contributed by atoms with Gasteiger partial charge in [-0.2, -0.15) is 26.3 Å². The van der Waals surface area contributed by atoms with E-state index in [1.54, 1.807) is 0 Å². The number of hydrogen-bond acceptors (Lipinski definition) is 1. The molecular formula is C10H14F6O. The third kappa shape index (κ3) is 3.62. The molecule has 0 radical (unpaired) electrons. The molecule has 0 aliphatic carbocycles. The van der Waals surface area contributed by atoms with Gasteiger partial charge in [-0.25, -0.2) is 0 Å². The van der Waals surface area contributed by atoms with Crippen LogP contribution in [-0.2, 0) is 4.74 Å². The summed E-state index contributed by atoms with van der Waals surface area (Å²) < 4.78 is 80.4. The molecule has 0 spiro atoms. The number of alkyl halides is 6. The van der Waals surface area contributed by atoms with Crippen molar-refractivity contribution in [2.24, 2.45) is 0 Å². The molecule has 102 valence electrons. The Hall–Kier alpha value is -0.720. The molecule has 17 heavy (non-hydrogen) atoms. The maximum absolute atomic E-state index is 12.7. The van der Waals surface area contributed by atoms with Gasteiger partial charge in [0.1, 0.15) is 0 Å². The third-order valence-corrected chi connectivity index (χ3v) is 1.83. The lowest BCUT2D eigenvalue weighted by atomic mass is 9.96. The zero-order chi connectivity index (χ0) is 14.1. The number of halogens is 6. The molecule has 0 saturated carbocycles. The van der Waals surface area contributed by atoms with Gasteiger partial charge >= 0.3 is 12.4 Å². The quantitative estimate of drug-likeness (QED) is 0.547. The highest BCUT2D eigenvalue weighted by Crippen LogP contribution is 2.50.